The smallest absolute Gasteiger partial charge is 0.308 e. The third-order valence-corrected chi connectivity index (χ3v) is 3.37. The number of rotatable bonds is 7. The van der Waals surface area contributed by atoms with Gasteiger partial charge in [0.15, 0.2) is 0 Å². The van der Waals surface area contributed by atoms with Crippen molar-refractivity contribution >= 4 is 23.5 Å². The molecule has 1 unspecified atom stereocenters. The fourth-order valence-electron chi connectivity index (χ4n) is 1.98. The molecule has 0 saturated carbocycles. The minimum Gasteiger partial charge on any atom is -0.481 e. The Bertz CT molecular complexity index is 520. The van der Waals surface area contributed by atoms with E-state index in [-0.39, 0.29) is 29.8 Å². The van der Waals surface area contributed by atoms with Crippen LogP contribution >= 0.6 is 11.6 Å². The molecular weight excluding hydrogens is 297 g/mol. The predicted octanol–water partition coefficient (Wildman–Crippen LogP) is 2.88. The van der Waals surface area contributed by atoms with Crippen LogP contribution in [-0.2, 0) is 16.0 Å². The molecule has 0 aromatic heterocycles. The van der Waals surface area contributed by atoms with Crippen LogP contribution in [0, 0.1) is 17.7 Å². The van der Waals surface area contributed by atoms with Gasteiger partial charge in [-0.3, -0.25) is 9.59 Å². The van der Waals surface area contributed by atoms with E-state index in [1.165, 1.54) is 12.1 Å². The molecule has 0 aliphatic rings. The fraction of sp³-hybridized carbons (Fsp3) is 0.467. The topological polar surface area (TPSA) is 66.4 Å². The molecule has 0 radical (unpaired) electrons. The highest BCUT2D eigenvalue weighted by Crippen LogP contribution is 2.18. The van der Waals surface area contributed by atoms with Crippen LogP contribution in [-0.4, -0.2) is 23.5 Å². The summed E-state index contributed by atoms with van der Waals surface area (Å²) >= 11 is 5.84. The Morgan fingerprint density at radius 2 is 2.05 bits per heavy atom. The van der Waals surface area contributed by atoms with Crippen LogP contribution in [0.15, 0.2) is 18.2 Å². The Morgan fingerprint density at radius 1 is 1.38 bits per heavy atom. The van der Waals surface area contributed by atoms with Gasteiger partial charge in [-0.25, -0.2) is 4.39 Å². The molecule has 1 aromatic rings. The number of halogens is 2. The lowest BCUT2D eigenvalue weighted by atomic mass is 9.97. The molecule has 0 saturated heterocycles. The van der Waals surface area contributed by atoms with Crippen molar-refractivity contribution in [2.24, 2.45) is 11.8 Å². The quantitative estimate of drug-likeness (QED) is 0.813. The first-order valence-corrected chi connectivity index (χ1v) is 7.10. The highest BCUT2D eigenvalue weighted by molar-refractivity contribution is 6.31. The molecule has 4 nitrogen and oxygen atoms in total. The summed E-state index contributed by atoms with van der Waals surface area (Å²) in [5.41, 5.74) is 0.506. The third-order valence-electron chi connectivity index (χ3n) is 3.02. The van der Waals surface area contributed by atoms with Crippen molar-refractivity contribution in [2.45, 2.75) is 26.7 Å². The summed E-state index contributed by atoms with van der Waals surface area (Å²) in [5, 5.41) is 11.9. The first-order valence-electron chi connectivity index (χ1n) is 6.73. The number of carbonyl (C=O) groups is 2. The van der Waals surface area contributed by atoms with Crippen molar-refractivity contribution in [2.75, 3.05) is 6.54 Å². The molecular formula is C15H19ClFNO3. The second-order valence-electron chi connectivity index (χ2n) is 5.38. The Labute approximate surface area is 128 Å². The molecule has 0 aliphatic heterocycles. The number of nitrogens with one attached hydrogen (secondary N) is 1. The zero-order valence-electron chi connectivity index (χ0n) is 12.0. The van der Waals surface area contributed by atoms with Crippen LogP contribution in [0.2, 0.25) is 5.02 Å². The van der Waals surface area contributed by atoms with Gasteiger partial charge in [-0.15, -0.1) is 0 Å². The monoisotopic (exact) mass is 315 g/mol. The zero-order valence-corrected chi connectivity index (χ0v) is 12.8. The summed E-state index contributed by atoms with van der Waals surface area (Å²) in [7, 11) is 0. The van der Waals surface area contributed by atoms with Crippen molar-refractivity contribution in [3.8, 4) is 0 Å². The van der Waals surface area contributed by atoms with Gasteiger partial charge in [0.05, 0.1) is 12.3 Å². The molecule has 0 aliphatic carbocycles. The summed E-state index contributed by atoms with van der Waals surface area (Å²) < 4.78 is 12.9. The van der Waals surface area contributed by atoms with E-state index in [2.05, 4.69) is 5.32 Å². The lowest BCUT2D eigenvalue weighted by Crippen LogP contribution is -2.34. The number of hydrogen-bond donors (Lipinski definition) is 2. The van der Waals surface area contributed by atoms with Gasteiger partial charge >= 0.3 is 5.97 Å². The van der Waals surface area contributed by atoms with E-state index in [0.29, 0.717) is 12.0 Å². The fourth-order valence-corrected chi connectivity index (χ4v) is 2.21. The van der Waals surface area contributed by atoms with Crippen molar-refractivity contribution < 1.29 is 19.1 Å². The van der Waals surface area contributed by atoms with Crippen LogP contribution in [0.1, 0.15) is 25.8 Å². The largest absolute Gasteiger partial charge is 0.481 e. The first kappa shape index (κ1) is 17.4. The van der Waals surface area contributed by atoms with E-state index >= 15 is 0 Å². The van der Waals surface area contributed by atoms with Gasteiger partial charge < -0.3 is 10.4 Å². The number of hydrogen-bond acceptors (Lipinski definition) is 2. The second kappa shape index (κ2) is 7.98. The average Bonchev–Trinajstić information content (AvgIpc) is 2.37. The van der Waals surface area contributed by atoms with Crippen molar-refractivity contribution in [1.82, 2.24) is 5.32 Å². The minimum atomic E-state index is -0.927. The van der Waals surface area contributed by atoms with E-state index in [1.54, 1.807) is 0 Å². The Morgan fingerprint density at radius 3 is 2.57 bits per heavy atom. The standard InChI is InChI=1S/C15H19ClFNO3/c1-9(2)5-11(15(20)21)8-18-14(19)6-10-3-4-12(17)7-13(10)16/h3-4,7,9,11H,5-6,8H2,1-2H3,(H,18,19)(H,20,21). The summed E-state index contributed by atoms with van der Waals surface area (Å²) in [6.45, 7) is 3.93. The van der Waals surface area contributed by atoms with Gasteiger partial charge in [0.25, 0.3) is 0 Å². The molecule has 0 fully saturated rings. The molecule has 1 aromatic carbocycles. The van der Waals surface area contributed by atoms with E-state index in [9.17, 15) is 14.0 Å². The SMILES string of the molecule is CC(C)CC(CNC(=O)Cc1ccc(F)cc1Cl)C(=O)O. The summed E-state index contributed by atoms with van der Waals surface area (Å²) in [6, 6.07) is 3.82. The molecule has 1 rings (SSSR count). The maximum Gasteiger partial charge on any atom is 0.308 e. The molecule has 0 heterocycles. The van der Waals surface area contributed by atoms with E-state index in [4.69, 9.17) is 16.7 Å². The van der Waals surface area contributed by atoms with Gasteiger partial charge in [0.2, 0.25) is 5.91 Å². The van der Waals surface area contributed by atoms with Crippen LogP contribution in [0.3, 0.4) is 0 Å². The van der Waals surface area contributed by atoms with Crippen LogP contribution in [0.4, 0.5) is 4.39 Å². The molecule has 6 heteroatoms. The average molecular weight is 316 g/mol. The molecule has 1 amide bonds. The maximum atomic E-state index is 12.9. The molecule has 0 spiro atoms. The summed E-state index contributed by atoms with van der Waals surface area (Å²) in [5.74, 6) is -2.11. The lowest BCUT2D eigenvalue weighted by molar-refractivity contribution is -0.142. The van der Waals surface area contributed by atoms with E-state index < -0.39 is 17.7 Å². The Balaban J connectivity index is 2.54. The van der Waals surface area contributed by atoms with E-state index in [0.717, 1.165) is 6.07 Å². The van der Waals surface area contributed by atoms with Crippen molar-refractivity contribution in [3.05, 3.63) is 34.6 Å². The second-order valence-corrected chi connectivity index (χ2v) is 5.79. The number of carboxylic acids is 1. The number of amides is 1. The van der Waals surface area contributed by atoms with Gasteiger partial charge in [0, 0.05) is 11.6 Å². The lowest BCUT2D eigenvalue weighted by Gasteiger charge is -2.15. The van der Waals surface area contributed by atoms with Crippen LogP contribution in [0.5, 0.6) is 0 Å². The number of carboxylic acid groups (broad SMARTS) is 1. The first-order chi connectivity index (χ1) is 9.79. The van der Waals surface area contributed by atoms with E-state index in [1.807, 2.05) is 13.8 Å². The van der Waals surface area contributed by atoms with Crippen molar-refractivity contribution in [1.29, 1.82) is 0 Å². The highest BCUT2D eigenvalue weighted by atomic mass is 35.5. The zero-order chi connectivity index (χ0) is 16.0. The molecule has 21 heavy (non-hydrogen) atoms. The van der Waals surface area contributed by atoms with Crippen LogP contribution in [0.25, 0.3) is 0 Å². The maximum absolute atomic E-state index is 12.9. The summed E-state index contributed by atoms with van der Waals surface area (Å²) in [6.07, 6.45) is 0.486. The highest BCUT2D eigenvalue weighted by Gasteiger charge is 2.19. The van der Waals surface area contributed by atoms with Crippen LogP contribution < -0.4 is 5.32 Å². The third kappa shape index (κ3) is 6.12. The van der Waals surface area contributed by atoms with Gasteiger partial charge in [0.1, 0.15) is 5.82 Å². The minimum absolute atomic E-state index is 0.00681. The Kier molecular flexibility index (Phi) is 6.62. The predicted molar refractivity (Wildman–Crippen MR) is 78.7 cm³/mol. The van der Waals surface area contributed by atoms with Crippen molar-refractivity contribution in [3.63, 3.8) is 0 Å². The molecule has 2 N–H and O–H groups in total. The van der Waals surface area contributed by atoms with Gasteiger partial charge in [-0.2, -0.15) is 0 Å². The molecule has 0 bridgehead atoms. The normalized spacial score (nSPS) is 12.2. The number of carbonyl (C=O) groups excluding carboxylic acids is 1. The number of aliphatic carboxylic acids is 1. The van der Waals surface area contributed by atoms with Gasteiger partial charge in [-0.1, -0.05) is 31.5 Å². The summed E-state index contributed by atoms with van der Waals surface area (Å²) in [4.78, 5) is 22.9. The Hall–Kier alpha value is -1.62. The molecule has 1 atom stereocenters. The molecule has 116 valence electrons. The van der Waals surface area contributed by atoms with Gasteiger partial charge in [-0.05, 0) is 30.0 Å². The number of benzene rings is 1.